The van der Waals surface area contributed by atoms with Crippen LogP contribution in [0, 0.1) is 0 Å². The first-order valence-corrected chi connectivity index (χ1v) is 7.78. The summed E-state index contributed by atoms with van der Waals surface area (Å²) in [6, 6.07) is 3.70. The van der Waals surface area contributed by atoms with E-state index in [-0.39, 0.29) is 6.54 Å². The molecule has 5 heterocycles. The first-order chi connectivity index (χ1) is 12.2. The van der Waals surface area contributed by atoms with E-state index in [1.165, 1.54) is 10.9 Å². The maximum Gasteiger partial charge on any atom is 0.256 e. The summed E-state index contributed by atoms with van der Waals surface area (Å²) in [4.78, 5) is 19.1. The van der Waals surface area contributed by atoms with Crippen LogP contribution in [0.4, 0.5) is 20.3 Å². The van der Waals surface area contributed by atoms with Crippen LogP contribution in [0.25, 0.3) is 11.0 Å². The van der Waals surface area contributed by atoms with Gasteiger partial charge in [-0.3, -0.25) is 0 Å². The minimum atomic E-state index is -2.42. The van der Waals surface area contributed by atoms with E-state index in [2.05, 4.69) is 19.9 Å². The third-order valence-corrected chi connectivity index (χ3v) is 4.27. The van der Waals surface area contributed by atoms with E-state index in [1.807, 2.05) is 11.0 Å². The minimum Gasteiger partial charge on any atom is -0.475 e. The summed E-state index contributed by atoms with van der Waals surface area (Å²) in [7, 11) is 0. The summed E-state index contributed by atoms with van der Waals surface area (Å²) in [6.07, 6.45) is 2.31. The lowest BCUT2D eigenvalue weighted by Crippen LogP contribution is -2.35. The van der Waals surface area contributed by atoms with E-state index >= 15 is 0 Å². The van der Waals surface area contributed by atoms with Crippen molar-refractivity contribution in [1.29, 1.82) is 0 Å². The van der Waals surface area contributed by atoms with Gasteiger partial charge in [-0.05, 0) is 12.1 Å². The molecule has 3 aromatic rings. The van der Waals surface area contributed by atoms with Crippen molar-refractivity contribution >= 4 is 28.4 Å². The lowest BCUT2D eigenvalue weighted by atomic mass is 10.1. The number of rotatable bonds is 3. The SMILES string of the molecule is FC(F)Cn1ccc2cc(N3CCOc4ncnc5c4C3=N5)cnc21. The first-order valence-electron chi connectivity index (χ1n) is 7.78. The van der Waals surface area contributed by atoms with Gasteiger partial charge in [0.2, 0.25) is 5.88 Å². The molecule has 0 saturated heterocycles. The zero-order valence-electron chi connectivity index (χ0n) is 12.9. The topological polar surface area (TPSA) is 68.4 Å². The molecule has 0 fully saturated rings. The summed E-state index contributed by atoms with van der Waals surface area (Å²) in [5, 5.41) is 0.799. The van der Waals surface area contributed by atoms with Crippen LogP contribution in [0.5, 0.6) is 5.88 Å². The molecule has 2 aliphatic rings. The van der Waals surface area contributed by atoms with E-state index in [0.717, 1.165) is 22.5 Å². The standard InChI is InChI=1S/C16H12F2N6O/c17-11(18)7-23-2-1-9-5-10(6-19-14(9)23)24-3-4-25-16-12-13(20-8-21-16)22-15(12)24/h1-2,5-6,8,11H,3-4,7H2. The van der Waals surface area contributed by atoms with Gasteiger partial charge in [-0.1, -0.05) is 0 Å². The van der Waals surface area contributed by atoms with Crippen LogP contribution >= 0.6 is 0 Å². The Morgan fingerprint density at radius 2 is 2.16 bits per heavy atom. The predicted octanol–water partition coefficient (Wildman–Crippen LogP) is 2.38. The van der Waals surface area contributed by atoms with Gasteiger partial charge in [-0.25, -0.2) is 28.7 Å². The molecule has 0 spiro atoms. The van der Waals surface area contributed by atoms with Crippen molar-refractivity contribution in [2.24, 2.45) is 4.99 Å². The lowest BCUT2D eigenvalue weighted by Gasteiger charge is -2.27. The first kappa shape index (κ1) is 14.3. The number of hydrogen-bond acceptors (Lipinski definition) is 6. The highest BCUT2D eigenvalue weighted by Gasteiger charge is 2.34. The van der Waals surface area contributed by atoms with Crippen molar-refractivity contribution in [2.45, 2.75) is 13.0 Å². The number of hydrogen-bond donors (Lipinski definition) is 0. The number of alkyl halides is 2. The molecular weight excluding hydrogens is 330 g/mol. The fourth-order valence-corrected chi connectivity index (χ4v) is 3.15. The maximum atomic E-state index is 12.6. The van der Waals surface area contributed by atoms with Gasteiger partial charge in [-0.2, -0.15) is 0 Å². The second-order valence-corrected chi connectivity index (χ2v) is 5.78. The molecule has 126 valence electrons. The maximum absolute atomic E-state index is 12.6. The highest BCUT2D eigenvalue weighted by molar-refractivity contribution is 6.20. The third kappa shape index (κ3) is 2.15. The van der Waals surface area contributed by atoms with Gasteiger partial charge in [0.1, 0.15) is 24.1 Å². The number of amidine groups is 1. The number of fused-ring (bicyclic) bond motifs is 1. The van der Waals surface area contributed by atoms with E-state index in [4.69, 9.17) is 4.74 Å². The van der Waals surface area contributed by atoms with Crippen molar-refractivity contribution in [3.05, 3.63) is 36.4 Å². The minimum absolute atomic E-state index is 0.367. The van der Waals surface area contributed by atoms with Crippen LogP contribution < -0.4 is 9.64 Å². The number of pyridine rings is 1. The number of aliphatic imine (C=N–C) groups is 1. The molecule has 5 rings (SSSR count). The molecule has 0 unspecified atom stereocenters. The van der Waals surface area contributed by atoms with Crippen LogP contribution in [0.3, 0.4) is 0 Å². The quantitative estimate of drug-likeness (QED) is 0.731. The molecule has 2 aliphatic heterocycles. The molecule has 0 radical (unpaired) electrons. The van der Waals surface area contributed by atoms with Crippen LogP contribution in [0.2, 0.25) is 0 Å². The summed E-state index contributed by atoms with van der Waals surface area (Å²) >= 11 is 0. The summed E-state index contributed by atoms with van der Waals surface area (Å²) in [5.41, 5.74) is 2.16. The average Bonchev–Trinajstić information content (AvgIpc) is 2.86. The molecule has 0 N–H and O–H groups in total. The Hall–Kier alpha value is -3.10. The fraction of sp³-hybridized carbons (Fsp3) is 0.250. The second kappa shape index (κ2) is 5.20. The second-order valence-electron chi connectivity index (χ2n) is 5.78. The monoisotopic (exact) mass is 342 g/mol. The Morgan fingerprint density at radius 1 is 1.24 bits per heavy atom. The average molecular weight is 342 g/mol. The van der Waals surface area contributed by atoms with Gasteiger partial charge in [0.15, 0.2) is 11.7 Å². The molecule has 25 heavy (non-hydrogen) atoms. The van der Waals surface area contributed by atoms with E-state index in [0.29, 0.717) is 30.5 Å². The largest absolute Gasteiger partial charge is 0.475 e. The number of anilines is 1. The van der Waals surface area contributed by atoms with Crippen molar-refractivity contribution in [3.63, 3.8) is 0 Å². The number of ether oxygens (including phenoxy) is 1. The van der Waals surface area contributed by atoms with Gasteiger partial charge >= 0.3 is 0 Å². The zero-order valence-corrected chi connectivity index (χ0v) is 12.9. The Labute approximate surface area is 140 Å². The van der Waals surface area contributed by atoms with Crippen molar-refractivity contribution in [2.75, 3.05) is 18.1 Å². The van der Waals surface area contributed by atoms with Crippen LogP contribution in [0.1, 0.15) is 5.56 Å². The molecular formula is C16H12F2N6O. The van der Waals surface area contributed by atoms with Gasteiger partial charge in [0.05, 0.1) is 25.0 Å². The highest BCUT2D eigenvalue weighted by Crippen LogP contribution is 2.38. The summed E-state index contributed by atoms with van der Waals surface area (Å²) in [6.45, 7) is 0.667. The van der Waals surface area contributed by atoms with Gasteiger partial charge in [0, 0.05) is 11.6 Å². The predicted molar refractivity (Wildman–Crippen MR) is 86.8 cm³/mol. The van der Waals surface area contributed by atoms with Crippen LogP contribution in [-0.2, 0) is 6.54 Å². The highest BCUT2D eigenvalue weighted by atomic mass is 19.3. The van der Waals surface area contributed by atoms with Gasteiger partial charge in [0.25, 0.3) is 6.43 Å². The Bertz CT molecular complexity index is 1020. The summed E-state index contributed by atoms with van der Waals surface area (Å²) < 4.78 is 32.4. The Kier molecular flexibility index (Phi) is 2.97. The third-order valence-electron chi connectivity index (χ3n) is 4.27. The van der Waals surface area contributed by atoms with Crippen molar-refractivity contribution in [1.82, 2.24) is 19.5 Å². The van der Waals surface area contributed by atoms with E-state index in [9.17, 15) is 8.78 Å². The molecule has 9 heteroatoms. The van der Waals surface area contributed by atoms with Crippen molar-refractivity contribution < 1.29 is 13.5 Å². The van der Waals surface area contributed by atoms with E-state index < -0.39 is 6.43 Å². The number of aromatic nitrogens is 4. The fourth-order valence-electron chi connectivity index (χ4n) is 3.15. The molecule has 3 aromatic heterocycles. The molecule has 0 bridgehead atoms. The van der Waals surface area contributed by atoms with E-state index in [1.54, 1.807) is 18.5 Å². The molecule has 7 nitrogen and oxygen atoms in total. The number of halogens is 2. The summed E-state index contributed by atoms with van der Waals surface area (Å²) in [5.74, 6) is 1.90. The Morgan fingerprint density at radius 3 is 3.04 bits per heavy atom. The molecule has 0 aromatic carbocycles. The smallest absolute Gasteiger partial charge is 0.256 e. The molecule has 0 saturated carbocycles. The zero-order chi connectivity index (χ0) is 17.0. The van der Waals surface area contributed by atoms with Crippen LogP contribution in [-0.4, -0.2) is 44.9 Å². The normalized spacial score (nSPS) is 15.5. The molecule has 0 amide bonds. The van der Waals surface area contributed by atoms with Gasteiger partial charge in [-0.15, -0.1) is 0 Å². The molecule has 0 atom stereocenters. The van der Waals surface area contributed by atoms with Crippen molar-refractivity contribution in [3.8, 4) is 5.88 Å². The lowest BCUT2D eigenvalue weighted by molar-refractivity contribution is 0.128. The Balaban J connectivity index is 1.54. The number of nitrogens with zero attached hydrogens (tertiary/aromatic N) is 6. The van der Waals surface area contributed by atoms with Crippen LogP contribution in [0.15, 0.2) is 35.8 Å². The van der Waals surface area contributed by atoms with Gasteiger partial charge < -0.3 is 14.2 Å². The molecule has 0 aliphatic carbocycles.